The van der Waals surface area contributed by atoms with Crippen molar-refractivity contribution in [1.29, 1.82) is 0 Å². The van der Waals surface area contributed by atoms with Crippen molar-refractivity contribution < 1.29 is 9.47 Å². The Morgan fingerprint density at radius 3 is 2.26 bits per heavy atom. The number of halogens is 2. The lowest BCUT2D eigenvalue weighted by atomic mass is 10.2. The second-order valence-electron chi connectivity index (χ2n) is 6.76. The number of nitrogens with zero attached hydrogens (tertiary/aromatic N) is 1. The average molecular weight is 493 g/mol. The number of aliphatic imine (C=N–C) groups is 1. The van der Waals surface area contributed by atoms with Gasteiger partial charge in [-0.1, -0.05) is 57.9 Å². The molecule has 0 N–H and O–H groups in total. The molecular formula is C26H19BrClNO2. The van der Waals surface area contributed by atoms with Gasteiger partial charge in [0.05, 0.1) is 5.69 Å². The first-order valence-corrected chi connectivity index (χ1v) is 10.9. The molecule has 0 amide bonds. The molecule has 4 rings (SSSR count). The monoisotopic (exact) mass is 491 g/mol. The third-order valence-electron chi connectivity index (χ3n) is 4.45. The fraction of sp³-hybridized carbons (Fsp3) is 0.0385. The molecule has 0 spiro atoms. The molecule has 3 nitrogen and oxygen atoms in total. The highest BCUT2D eigenvalue weighted by Gasteiger charge is 2.04. The molecular weight excluding hydrogens is 474 g/mol. The van der Waals surface area contributed by atoms with Crippen molar-refractivity contribution in [1.82, 2.24) is 0 Å². The van der Waals surface area contributed by atoms with Gasteiger partial charge in [0.25, 0.3) is 0 Å². The molecule has 4 aromatic carbocycles. The van der Waals surface area contributed by atoms with E-state index in [1.165, 1.54) is 0 Å². The molecule has 0 heterocycles. The third-order valence-corrected chi connectivity index (χ3v) is 5.21. The lowest BCUT2D eigenvalue weighted by molar-refractivity contribution is 0.306. The summed E-state index contributed by atoms with van der Waals surface area (Å²) in [5.74, 6) is 2.27. The van der Waals surface area contributed by atoms with Gasteiger partial charge in [0.2, 0.25) is 0 Å². The van der Waals surface area contributed by atoms with Crippen LogP contribution in [0.2, 0.25) is 5.02 Å². The van der Waals surface area contributed by atoms with E-state index in [1.807, 2.05) is 97.1 Å². The summed E-state index contributed by atoms with van der Waals surface area (Å²) < 4.78 is 12.9. The van der Waals surface area contributed by atoms with Crippen molar-refractivity contribution in [2.75, 3.05) is 0 Å². The van der Waals surface area contributed by atoms with Crippen LogP contribution in [0.3, 0.4) is 0 Å². The molecule has 0 saturated carbocycles. The maximum absolute atomic E-state index is 6.19. The number of hydrogen-bond acceptors (Lipinski definition) is 3. The van der Waals surface area contributed by atoms with E-state index in [1.54, 1.807) is 6.21 Å². The molecule has 0 aromatic heterocycles. The molecule has 0 aliphatic rings. The normalized spacial score (nSPS) is 10.9. The number of benzene rings is 4. The maximum Gasteiger partial charge on any atom is 0.128 e. The van der Waals surface area contributed by atoms with Gasteiger partial charge in [-0.25, -0.2) is 0 Å². The van der Waals surface area contributed by atoms with Crippen LogP contribution in [-0.4, -0.2) is 6.21 Å². The van der Waals surface area contributed by atoms with E-state index in [9.17, 15) is 0 Å². The summed E-state index contributed by atoms with van der Waals surface area (Å²) in [6.45, 7) is 0.460. The van der Waals surface area contributed by atoms with E-state index < -0.39 is 0 Å². The van der Waals surface area contributed by atoms with Crippen LogP contribution in [0.1, 0.15) is 11.1 Å². The smallest absolute Gasteiger partial charge is 0.128 e. The second kappa shape index (κ2) is 10.3. The van der Waals surface area contributed by atoms with Gasteiger partial charge >= 0.3 is 0 Å². The van der Waals surface area contributed by atoms with Crippen LogP contribution in [0.25, 0.3) is 0 Å². The predicted octanol–water partition coefficient (Wildman–Crippen LogP) is 8.22. The van der Waals surface area contributed by atoms with Crippen molar-refractivity contribution in [3.05, 3.63) is 118 Å². The van der Waals surface area contributed by atoms with Gasteiger partial charge in [-0.3, -0.25) is 4.99 Å². The van der Waals surface area contributed by atoms with Crippen LogP contribution in [0.15, 0.2) is 107 Å². The molecule has 5 heteroatoms. The van der Waals surface area contributed by atoms with Crippen LogP contribution in [0.4, 0.5) is 5.69 Å². The minimum absolute atomic E-state index is 0.460. The van der Waals surface area contributed by atoms with Crippen LogP contribution < -0.4 is 9.47 Å². The number of rotatable bonds is 7. The molecule has 0 fully saturated rings. The zero-order chi connectivity index (χ0) is 21.5. The maximum atomic E-state index is 6.19. The Morgan fingerprint density at radius 1 is 0.806 bits per heavy atom. The molecule has 0 radical (unpaired) electrons. The molecule has 0 bridgehead atoms. The average Bonchev–Trinajstić information content (AvgIpc) is 2.80. The van der Waals surface area contributed by atoms with Crippen molar-refractivity contribution in [3.63, 3.8) is 0 Å². The van der Waals surface area contributed by atoms with Gasteiger partial charge in [-0.15, -0.1) is 0 Å². The predicted molar refractivity (Wildman–Crippen MR) is 130 cm³/mol. The number of ether oxygens (including phenoxy) is 2. The molecule has 154 valence electrons. The Labute approximate surface area is 195 Å². The van der Waals surface area contributed by atoms with Gasteiger partial charge < -0.3 is 9.47 Å². The van der Waals surface area contributed by atoms with Gasteiger partial charge in [0, 0.05) is 21.3 Å². The van der Waals surface area contributed by atoms with E-state index >= 15 is 0 Å². The summed E-state index contributed by atoms with van der Waals surface area (Å²) in [5.41, 5.74) is 2.70. The topological polar surface area (TPSA) is 30.8 Å². The van der Waals surface area contributed by atoms with Crippen molar-refractivity contribution in [2.24, 2.45) is 4.99 Å². The Balaban J connectivity index is 1.45. The van der Waals surface area contributed by atoms with Gasteiger partial charge in [0.15, 0.2) is 0 Å². The van der Waals surface area contributed by atoms with E-state index in [2.05, 4.69) is 20.9 Å². The summed E-state index contributed by atoms with van der Waals surface area (Å²) in [6.07, 6.45) is 1.76. The third kappa shape index (κ3) is 6.20. The van der Waals surface area contributed by atoms with Gasteiger partial charge in [-0.05, 0) is 72.3 Å². The molecule has 4 aromatic rings. The molecule has 31 heavy (non-hydrogen) atoms. The highest BCUT2D eigenvalue weighted by molar-refractivity contribution is 9.10. The van der Waals surface area contributed by atoms with Crippen LogP contribution >= 0.6 is 27.5 Å². The summed E-state index contributed by atoms with van der Waals surface area (Å²) in [5, 5.41) is 0.629. The zero-order valence-electron chi connectivity index (χ0n) is 16.5. The molecule has 0 unspecified atom stereocenters. The highest BCUT2D eigenvalue weighted by atomic mass is 79.9. The minimum Gasteiger partial charge on any atom is -0.488 e. The molecule has 0 aliphatic carbocycles. The summed E-state index contributed by atoms with van der Waals surface area (Å²) in [6, 6.07) is 30.8. The lowest BCUT2D eigenvalue weighted by Gasteiger charge is -2.10. The van der Waals surface area contributed by atoms with Crippen molar-refractivity contribution in [3.8, 4) is 17.2 Å². The first-order valence-electron chi connectivity index (χ1n) is 9.69. The van der Waals surface area contributed by atoms with Gasteiger partial charge in [-0.2, -0.15) is 0 Å². The second-order valence-corrected chi connectivity index (χ2v) is 8.12. The van der Waals surface area contributed by atoms with Crippen LogP contribution in [-0.2, 0) is 6.61 Å². The lowest BCUT2D eigenvalue weighted by Crippen LogP contribution is -1.98. The SMILES string of the molecule is Clc1ccc(OCc2ccc(Br)cc2)c(C=Nc2ccc(Oc3ccccc3)cc2)c1. The standard InChI is InChI=1S/C26H19BrClNO2/c27-21-8-6-19(7-9-21)18-30-26-15-10-22(28)16-20(26)17-29-23-11-13-25(14-12-23)31-24-4-2-1-3-5-24/h1-17H,18H2. The molecule has 0 saturated heterocycles. The number of para-hydroxylation sites is 1. The van der Waals surface area contributed by atoms with Crippen molar-refractivity contribution in [2.45, 2.75) is 6.61 Å². The van der Waals surface area contributed by atoms with Gasteiger partial charge in [0.1, 0.15) is 23.9 Å². The molecule has 0 atom stereocenters. The first-order chi connectivity index (χ1) is 15.2. The van der Waals surface area contributed by atoms with Crippen LogP contribution in [0, 0.1) is 0 Å². The largest absolute Gasteiger partial charge is 0.488 e. The van der Waals surface area contributed by atoms with E-state index in [-0.39, 0.29) is 0 Å². The van der Waals surface area contributed by atoms with E-state index in [0.717, 1.165) is 38.5 Å². The summed E-state index contributed by atoms with van der Waals surface area (Å²) in [7, 11) is 0. The van der Waals surface area contributed by atoms with Crippen molar-refractivity contribution >= 4 is 39.4 Å². The Kier molecular flexibility index (Phi) is 7.03. The highest BCUT2D eigenvalue weighted by Crippen LogP contribution is 2.26. The Bertz CT molecular complexity index is 1160. The Morgan fingerprint density at radius 2 is 1.52 bits per heavy atom. The minimum atomic E-state index is 0.460. The summed E-state index contributed by atoms with van der Waals surface area (Å²) >= 11 is 9.64. The fourth-order valence-corrected chi connectivity index (χ4v) is 3.31. The summed E-state index contributed by atoms with van der Waals surface area (Å²) in [4.78, 5) is 4.57. The van der Waals surface area contributed by atoms with E-state index in [4.69, 9.17) is 21.1 Å². The number of hydrogen-bond donors (Lipinski definition) is 0. The fourth-order valence-electron chi connectivity index (χ4n) is 2.86. The first kappa shape index (κ1) is 21.2. The Hall–Kier alpha value is -3.08. The zero-order valence-corrected chi connectivity index (χ0v) is 18.9. The van der Waals surface area contributed by atoms with E-state index in [0.29, 0.717) is 11.6 Å². The van der Waals surface area contributed by atoms with Crippen LogP contribution in [0.5, 0.6) is 17.2 Å². The molecule has 0 aliphatic heterocycles. The quantitative estimate of drug-likeness (QED) is 0.243.